The van der Waals surface area contributed by atoms with E-state index in [0.29, 0.717) is 32.1 Å². The minimum atomic E-state index is -0.792. The second-order valence-electron chi connectivity index (χ2n) is 8.27. The van der Waals surface area contributed by atoms with Crippen molar-refractivity contribution in [2.45, 2.75) is 25.7 Å². The van der Waals surface area contributed by atoms with E-state index in [4.69, 9.17) is 0 Å². The Hall–Kier alpha value is -2.57. The molecule has 2 aliphatic heterocycles. The maximum Gasteiger partial charge on any atom is 0.321 e. The average molecular weight is 385 g/mol. The molecule has 7 nitrogen and oxygen atoms in total. The van der Waals surface area contributed by atoms with Crippen LogP contribution in [0.15, 0.2) is 30.3 Å². The van der Waals surface area contributed by atoms with E-state index >= 15 is 0 Å². The van der Waals surface area contributed by atoms with Crippen LogP contribution in [0.1, 0.15) is 25.7 Å². The zero-order valence-electron chi connectivity index (χ0n) is 15.9. The third-order valence-corrected chi connectivity index (χ3v) is 6.30. The zero-order chi connectivity index (χ0) is 19.7. The Morgan fingerprint density at radius 1 is 0.964 bits per heavy atom. The molecule has 1 aromatic rings. The summed E-state index contributed by atoms with van der Waals surface area (Å²) in [6, 6.07) is 9.09. The molecule has 0 bridgehead atoms. The van der Waals surface area contributed by atoms with Crippen molar-refractivity contribution >= 4 is 23.6 Å². The number of carboxylic acids is 1. The molecule has 3 aliphatic rings. The maximum absolute atomic E-state index is 13.1. The Morgan fingerprint density at radius 2 is 1.71 bits per heavy atom. The number of hydrogen-bond donors (Lipinski definition) is 2. The number of carbonyl (C=O) groups is 3. The van der Waals surface area contributed by atoms with Crippen LogP contribution < -0.4 is 5.32 Å². The molecule has 1 aromatic carbocycles. The van der Waals surface area contributed by atoms with Gasteiger partial charge in [0.05, 0.1) is 11.8 Å². The second-order valence-corrected chi connectivity index (χ2v) is 8.27. The molecular weight excluding hydrogens is 358 g/mol. The van der Waals surface area contributed by atoms with Crippen molar-refractivity contribution in [2.24, 2.45) is 23.7 Å². The fourth-order valence-electron chi connectivity index (χ4n) is 4.62. The number of carbonyl (C=O) groups excluding carboxylic acids is 2. The highest BCUT2D eigenvalue weighted by Gasteiger charge is 2.47. The Balaban J connectivity index is 1.37. The average Bonchev–Trinajstić information content (AvgIpc) is 3.46. The highest BCUT2D eigenvalue weighted by atomic mass is 16.4. The van der Waals surface area contributed by atoms with Gasteiger partial charge in [0.15, 0.2) is 0 Å². The maximum atomic E-state index is 13.1. The third kappa shape index (κ3) is 3.98. The molecule has 28 heavy (non-hydrogen) atoms. The number of carboxylic acid groups (broad SMARTS) is 1. The van der Waals surface area contributed by atoms with E-state index in [2.05, 4.69) is 5.32 Å². The van der Waals surface area contributed by atoms with Gasteiger partial charge in [-0.05, 0) is 49.7 Å². The molecule has 150 valence electrons. The molecule has 0 aromatic heterocycles. The SMILES string of the molecule is O=C(O)[C@H]1CN(C(=O)C2CCCN(C(=O)Nc3ccccc3)C2)C[C@@H]1C1CC1. The standard InChI is InChI=1S/C21H27N3O4/c25-19(24-12-17(14-8-9-14)18(13-24)20(26)27)15-5-4-10-23(11-15)21(28)22-16-6-2-1-3-7-16/h1-3,6-7,14-15,17-18H,4-5,8-13H2,(H,22,28)(H,26,27)/t15?,17-,18+/m1/s1. The van der Waals surface area contributed by atoms with Crippen molar-refractivity contribution in [2.75, 3.05) is 31.5 Å². The lowest BCUT2D eigenvalue weighted by atomic mass is 9.92. The number of urea groups is 1. The van der Waals surface area contributed by atoms with E-state index in [9.17, 15) is 19.5 Å². The Bertz CT molecular complexity index is 749. The summed E-state index contributed by atoms with van der Waals surface area (Å²) >= 11 is 0. The van der Waals surface area contributed by atoms with Crippen LogP contribution >= 0.6 is 0 Å². The molecule has 4 rings (SSSR count). The van der Waals surface area contributed by atoms with Crippen molar-refractivity contribution < 1.29 is 19.5 Å². The fraction of sp³-hybridized carbons (Fsp3) is 0.571. The molecule has 1 unspecified atom stereocenters. The van der Waals surface area contributed by atoms with Gasteiger partial charge in [0.2, 0.25) is 5.91 Å². The first kappa shape index (κ1) is 18.8. The molecule has 3 fully saturated rings. The number of benzene rings is 1. The first-order valence-electron chi connectivity index (χ1n) is 10.2. The summed E-state index contributed by atoms with van der Waals surface area (Å²) in [7, 11) is 0. The number of nitrogens with zero attached hydrogens (tertiary/aromatic N) is 2. The van der Waals surface area contributed by atoms with E-state index in [1.165, 1.54) is 0 Å². The number of hydrogen-bond acceptors (Lipinski definition) is 3. The molecule has 1 saturated carbocycles. The van der Waals surface area contributed by atoms with Gasteiger partial charge >= 0.3 is 12.0 Å². The lowest BCUT2D eigenvalue weighted by Crippen LogP contribution is -2.47. The van der Waals surface area contributed by atoms with Crippen molar-refractivity contribution in [3.63, 3.8) is 0 Å². The number of rotatable bonds is 4. The van der Waals surface area contributed by atoms with Crippen molar-refractivity contribution in [3.8, 4) is 0 Å². The lowest BCUT2D eigenvalue weighted by Gasteiger charge is -2.34. The molecule has 3 atom stereocenters. The second kappa shape index (κ2) is 7.81. The summed E-state index contributed by atoms with van der Waals surface area (Å²) < 4.78 is 0. The predicted octanol–water partition coefficient (Wildman–Crippen LogP) is 2.50. The van der Waals surface area contributed by atoms with E-state index in [1.807, 2.05) is 30.3 Å². The van der Waals surface area contributed by atoms with Gasteiger partial charge in [-0.15, -0.1) is 0 Å². The number of para-hydroxylation sites is 1. The zero-order valence-corrected chi connectivity index (χ0v) is 15.9. The van der Waals surface area contributed by atoms with E-state index < -0.39 is 11.9 Å². The quantitative estimate of drug-likeness (QED) is 0.833. The number of anilines is 1. The molecule has 1 aliphatic carbocycles. The Kier molecular flexibility index (Phi) is 5.24. The van der Waals surface area contributed by atoms with Gasteiger partial charge in [-0.3, -0.25) is 9.59 Å². The minimum Gasteiger partial charge on any atom is -0.481 e. The van der Waals surface area contributed by atoms with Crippen molar-refractivity contribution in [1.82, 2.24) is 9.80 Å². The fourth-order valence-corrected chi connectivity index (χ4v) is 4.62. The third-order valence-electron chi connectivity index (χ3n) is 6.30. The molecule has 3 amide bonds. The van der Waals surface area contributed by atoms with Gasteiger partial charge < -0.3 is 20.2 Å². The van der Waals surface area contributed by atoms with Crippen LogP contribution in [0.25, 0.3) is 0 Å². The van der Waals surface area contributed by atoms with Crippen LogP contribution in [0, 0.1) is 23.7 Å². The monoisotopic (exact) mass is 385 g/mol. The Morgan fingerprint density at radius 3 is 2.39 bits per heavy atom. The first-order chi connectivity index (χ1) is 13.5. The van der Waals surface area contributed by atoms with E-state index in [0.717, 1.165) is 31.4 Å². The molecule has 2 N–H and O–H groups in total. The van der Waals surface area contributed by atoms with Gasteiger partial charge in [-0.2, -0.15) is 0 Å². The van der Waals surface area contributed by atoms with Crippen LogP contribution in [0.4, 0.5) is 10.5 Å². The van der Waals surface area contributed by atoms with Gasteiger partial charge in [-0.1, -0.05) is 18.2 Å². The van der Waals surface area contributed by atoms with Crippen LogP contribution in [0.2, 0.25) is 0 Å². The lowest BCUT2D eigenvalue weighted by molar-refractivity contribution is -0.143. The van der Waals surface area contributed by atoms with Crippen LogP contribution in [0.3, 0.4) is 0 Å². The molecule has 2 saturated heterocycles. The normalized spacial score (nSPS) is 27.5. The van der Waals surface area contributed by atoms with Crippen LogP contribution in [-0.2, 0) is 9.59 Å². The van der Waals surface area contributed by atoms with Gasteiger partial charge in [0.1, 0.15) is 0 Å². The summed E-state index contributed by atoms with van der Waals surface area (Å²) in [5.74, 6) is -0.938. The first-order valence-corrected chi connectivity index (χ1v) is 10.2. The van der Waals surface area contributed by atoms with Crippen molar-refractivity contribution in [3.05, 3.63) is 30.3 Å². The number of amides is 3. The summed E-state index contributed by atoms with van der Waals surface area (Å²) in [6.45, 7) is 1.87. The van der Waals surface area contributed by atoms with Crippen molar-refractivity contribution in [1.29, 1.82) is 0 Å². The highest BCUT2D eigenvalue weighted by molar-refractivity contribution is 5.90. The summed E-state index contributed by atoms with van der Waals surface area (Å²) in [6.07, 6.45) is 3.68. The molecule has 2 heterocycles. The molecule has 7 heteroatoms. The summed E-state index contributed by atoms with van der Waals surface area (Å²) in [4.78, 5) is 40.7. The van der Waals surface area contributed by atoms with Gasteiger partial charge in [-0.25, -0.2) is 4.79 Å². The van der Waals surface area contributed by atoms with E-state index in [1.54, 1.807) is 9.80 Å². The van der Waals surface area contributed by atoms with Crippen LogP contribution in [0.5, 0.6) is 0 Å². The smallest absolute Gasteiger partial charge is 0.321 e. The van der Waals surface area contributed by atoms with E-state index in [-0.39, 0.29) is 23.8 Å². The van der Waals surface area contributed by atoms with Crippen LogP contribution in [-0.4, -0.2) is 59.0 Å². The topological polar surface area (TPSA) is 90.0 Å². The number of nitrogens with one attached hydrogen (secondary N) is 1. The summed E-state index contributed by atoms with van der Waals surface area (Å²) in [5.41, 5.74) is 0.733. The number of likely N-dealkylation sites (tertiary alicyclic amines) is 2. The minimum absolute atomic E-state index is 0.00612. The summed E-state index contributed by atoms with van der Waals surface area (Å²) in [5, 5.41) is 12.4. The van der Waals surface area contributed by atoms with Gasteiger partial charge in [0, 0.05) is 31.9 Å². The highest BCUT2D eigenvalue weighted by Crippen LogP contribution is 2.44. The largest absolute Gasteiger partial charge is 0.481 e. The predicted molar refractivity (Wildman–Crippen MR) is 104 cm³/mol. The number of aliphatic carboxylic acids is 1. The molecule has 0 spiro atoms. The van der Waals surface area contributed by atoms with Gasteiger partial charge in [0.25, 0.3) is 0 Å². The number of piperidine rings is 1. The Labute approximate surface area is 164 Å². The molecular formula is C21H27N3O4. The molecule has 0 radical (unpaired) electrons.